The van der Waals surface area contributed by atoms with Crippen LogP contribution in [0.1, 0.15) is 5.56 Å². The van der Waals surface area contributed by atoms with E-state index in [0.717, 1.165) is 5.82 Å². The third-order valence-electron chi connectivity index (χ3n) is 2.12. The van der Waals surface area contributed by atoms with Gasteiger partial charge in [-0.05, 0) is 18.6 Å². The number of aryl methyl sites for hydroxylation is 1. The molecule has 0 saturated heterocycles. The monoisotopic (exact) mass is 165 g/mol. The molecule has 1 aliphatic heterocycles. The highest BCUT2D eigenvalue weighted by Gasteiger charge is 2.20. The van der Waals surface area contributed by atoms with Crippen LogP contribution in [0.15, 0.2) is 18.3 Å². The lowest BCUT2D eigenvalue weighted by atomic mass is 10.2. The number of nitrogens with one attached hydrogen (secondary N) is 1. The van der Waals surface area contributed by atoms with Gasteiger partial charge in [-0.25, -0.2) is 4.57 Å². The van der Waals surface area contributed by atoms with E-state index in [1.165, 1.54) is 5.56 Å². The van der Waals surface area contributed by atoms with Crippen molar-refractivity contribution in [2.45, 2.75) is 19.6 Å². The summed E-state index contributed by atoms with van der Waals surface area (Å²) in [6, 6.07) is 4.13. The second kappa shape index (κ2) is 2.75. The number of hydrogen-bond acceptors (Lipinski definition) is 2. The molecular formula is C9H13N2O+. The Morgan fingerprint density at radius 3 is 3.33 bits per heavy atom. The number of β-amino-alcohol motifs (C(OH)–C–C–N with tert-alkyl or cyclic N) is 1. The average molecular weight is 165 g/mol. The molecule has 12 heavy (non-hydrogen) atoms. The zero-order chi connectivity index (χ0) is 8.55. The topological polar surface area (TPSA) is 36.1 Å². The Hall–Kier alpha value is -1.09. The largest absolute Gasteiger partial charge is 0.385 e. The minimum Gasteiger partial charge on any atom is -0.385 e. The van der Waals surface area contributed by atoms with Crippen LogP contribution in [0, 0.1) is 6.92 Å². The molecule has 1 aromatic rings. The van der Waals surface area contributed by atoms with E-state index in [1.807, 2.05) is 16.8 Å². The van der Waals surface area contributed by atoms with Crippen molar-refractivity contribution in [2.75, 3.05) is 11.9 Å². The van der Waals surface area contributed by atoms with Gasteiger partial charge in [-0.3, -0.25) is 5.32 Å². The Balaban J connectivity index is 2.37. The van der Waals surface area contributed by atoms with Crippen molar-refractivity contribution in [3.05, 3.63) is 23.9 Å². The van der Waals surface area contributed by atoms with E-state index in [2.05, 4.69) is 18.3 Å². The number of nitrogens with zero attached hydrogens (tertiary/aromatic N) is 1. The van der Waals surface area contributed by atoms with Crippen molar-refractivity contribution in [3.8, 4) is 0 Å². The Labute approximate surface area is 71.7 Å². The van der Waals surface area contributed by atoms with Crippen LogP contribution >= 0.6 is 0 Å². The lowest BCUT2D eigenvalue weighted by molar-refractivity contribution is -0.693. The highest BCUT2D eigenvalue weighted by atomic mass is 16.3. The molecule has 1 aromatic heterocycles. The average Bonchev–Trinajstić information content (AvgIpc) is 2.05. The third-order valence-corrected chi connectivity index (χ3v) is 2.12. The predicted octanol–water partition coefficient (Wildman–Crippen LogP) is 0.0689. The maximum atomic E-state index is 9.34. The van der Waals surface area contributed by atoms with Crippen LogP contribution < -0.4 is 9.88 Å². The van der Waals surface area contributed by atoms with Gasteiger partial charge >= 0.3 is 0 Å². The molecule has 0 bridgehead atoms. The van der Waals surface area contributed by atoms with Gasteiger partial charge < -0.3 is 5.11 Å². The molecule has 0 saturated carbocycles. The fourth-order valence-electron chi connectivity index (χ4n) is 1.46. The molecular weight excluding hydrogens is 152 g/mol. The van der Waals surface area contributed by atoms with Crippen molar-refractivity contribution in [1.29, 1.82) is 0 Å². The number of aliphatic hydroxyl groups is 1. The summed E-state index contributed by atoms with van der Waals surface area (Å²) in [6.45, 7) is 3.42. The fraction of sp³-hybridized carbons (Fsp3) is 0.444. The molecule has 0 unspecified atom stereocenters. The van der Waals surface area contributed by atoms with Crippen molar-refractivity contribution in [1.82, 2.24) is 0 Å². The highest BCUT2D eigenvalue weighted by molar-refractivity contribution is 5.32. The molecule has 64 valence electrons. The fourth-order valence-corrected chi connectivity index (χ4v) is 1.46. The predicted molar refractivity (Wildman–Crippen MR) is 45.9 cm³/mol. The molecule has 2 N–H and O–H groups in total. The normalized spacial score (nSPS) is 21.3. The van der Waals surface area contributed by atoms with E-state index >= 15 is 0 Å². The van der Waals surface area contributed by atoms with E-state index in [0.29, 0.717) is 13.1 Å². The van der Waals surface area contributed by atoms with Gasteiger partial charge in [0.05, 0.1) is 6.20 Å². The Morgan fingerprint density at radius 2 is 2.50 bits per heavy atom. The van der Waals surface area contributed by atoms with Gasteiger partial charge in [-0.1, -0.05) is 0 Å². The summed E-state index contributed by atoms with van der Waals surface area (Å²) in [6.07, 6.45) is 1.74. The quantitative estimate of drug-likeness (QED) is 0.534. The maximum absolute atomic E-state index is 9.34. The zero-order valence-corrected chi connectivity index (χ0v) is 7.12. The van der Waals surface area contributed by atoms with Gasteiger partial charge in [0, 0.05) is 6.07 Å². The zero-order valence-electron chi connectivity index (χ0n) is 7.12. The number of pyridine rings is 1. The standard InChI is InChI=1S/C9H12N2O/c1-7-2-3-11-6-8(12)5-10-9(11)4-7/h2-4,8,12H,5-6H2,1H3/p+1/t8-/m1/s1. The number of anilines is 1. The number of aromatic nitrogens is 1. The molecule has 2 heterocycles. The number of rotatable bonds is 0. The summed E-state index contributed by atoms with van der Waals surface area (Å²) >= 11 is 0. The molecule has 0 aliphatic carbocycles. The maximum Gasteiger partial charge on any atom is 0.274 e. The van der Waals surface area contributed by atoms with Crippen molar-refractivity contribution >= 4 is 5.82 Å². The first-order valence-corrected chi connectivity index (χ1v) is 4.18. The van der Waals surface area contributed by atoms with Gasteiger partial charge in [-0.15, -0.1) is 0 Å². The van der Waals surface area contributed by atoms with Crippen LogP contribution in [0.2, 0.25) is 0 Å². The van der Waals surface area contributed by atoms with E-state index in [-0.39, 0.29) is 6.10 Å². The lowest BCUT2D eigenvalue weighted by Gasteiger charge is -2.17. The summed E-state index contributed by atoms with van der Waals surface area (Å²) in [7, 11) is 0. The molecule has 3 heteroatoms. The first-order valence-electron chi connectivity index (χ1n) is 4.18. The lowest BCUT2D eigenvalue weighted by Crippen LogP contribution is -2.49. The van der Waals surface area contributed by atoms with Crippen LogP contribution in [0.25, 0.3) is 0 Å². The second-order valence-corrected chi connectivity index (χ2v) is 3.28. The Bertz CT molecular complexity index is 299. The van der Waals surface area contributed by atoms with Crippen molar-refractivity contribution in [2.24, 2.45) is 0 Å². The van der Waals surface area contributed by atoms with Gasteiger partial charge in [0.1, 0.15) is 19.2 Å². The highest BCUT2D eigenvalue weighted by Crippen LogP contribution is 2.07. The van der Waals surface area contributed by atoms with Gasteiger partial charge in [0.25, 0.3) is 5.82 Å². The molecule has 0 aromatic carbocycles. The molecule has 1 aliphatic rings. The van der Waals surface area contributed by atoms with Crippen LogP contribution in [0.3, 0.4) is 0 Å². The number of fused-ring (bicyclic) bond motifs is 1. The first kappa shape index (κ1) is 7.55. The number of hydrogen-bond donors (Lipinski definition) is 2. The Morgan fingerprint density at radius 1 is 1.67 bits per heavy atom. The molecule has 1 atom stereocenters. The van der Waals surface area contributed by atoms with Crippen molar-refractivity contribution in [3.63, 3.8) is 0 Å². The molecule has 0 radical (unpaired) electrons. The summed E-state index contributed by atoms with van der Waals surface area (Å²) in [5.41, 5.74) is 1.24. The Kier molecular flexibility index (Phi) is 1.73. The minimum atomic E-state index is -0.259. The van der Waals surface area contributed by atoms with Crippen LogP contribution in [-0.4, -0.2) is 17.8 Å². The first-order chi connectivity index (χ1) is 5.75. The van der Waals surface area contributed by atoms with Crippen molar-refractivity contribution < 1.29 is 9.67 Å². The third kappa shape index (κ3) is 1.28. The molecule has 0 spiro atoms. The van der Waals surface area contributed by atoms with Gasteiger partial charge in [-0.2, -0.15) is 0 Å². The molecule has 0 fully saturated rings. The van der Waals surface area contributed by atoms with E-state index in [4.69, 9.17) is 0 Å². The second-order valence-electron chi connectivity index (χ2n) is 3.28. The summed E-state index contributed by atoms with van der Waals surface area (Å²) < 4.78 is 2.03. The van der Waals surface area contributed by atoms with E-state index < -0.39 is 0 Å². The van der Waals surface area contributed by atoms with Crippen LogP contribution in [0.4, 0.5) is 5.82 Å². The van der Waals surface area contributed by atoms with E-state index in [9.17, 15) is 5.11 Å². The molecule has 3 nitrogen and oxygen atoms in total. The van der Waals surface area contributed by atoms with Gasteiger partial charge in [0.15, 0.2) is 0 Å². The SMILES string of the molecule is Cc1cc[n+]2c(c1)NC[C@@H](O)C2. The van der Waals surface area contributed by atoms with Gasteiger partial charge in [0.2, 0.25) is 0 Å². The smallest absolute Gasteiger partial charge is 0.274 e. The van der Waals surface area contributed by atoms with Crippen LogP contribution in [0.5, 0.6) is 0 Å². The summed E-state index contributed by atoms with van der Waals surface area (Å²) in [5, 5.41) is 12.5. The molecule has 2 rings (SSSR count). The molecule has 0 amide bonds. The van der Waals surface area contributed by atoms with Crippen LogP contribution in [-0.2, 0) is 6.54 Å². The van der Waals surface area contributed by atoms with E-state index in [1.54, 1.807) is 0 Å². The number of aliphatic hydroxyl groups excluding tert-OH is 1. The minimum absolute atomic E-state index is 0.259. The summed E-state index contributed by atoms with van der Waals surface area (Å²) in [4.78, 5) is 0. The summed E-state index contributed by atoms with van der Waals surface area (Å²) in [5.74, 6) is 1.10.